The fourth-order valence-electron chi connectivity index (χ4n) is 4.80. The van der Waals surface area contributed by atoms with E-state index in [1.807, 2.05) is 0 Å². The van der Waals surface area contributed by atoms with Crippen LogP contribution in [0.5, 0.6) is 0 Å². The molecular formula is C24H26F3N4O2PS. The average Bonchev–Trinajstić information content (AvgIpc) is 3.16. The number of amides is 2. The fourth-order valence-corrected chi connectivity index (χ4v) is 5.95. The number of nitrogens with one attached hydrogen (secondary N) is 2. The molecule has 3 atom stereocenters. The molecule has 186 valence electrons. The van der Waals surface area contributed by atoms with E-state index in [-0.39, 0.29) is 29.7 Å². The predicted octanol–water partition coefficient (Wildman–Crippen LogP) is 4.96. The van der Waals surface area contributed by atoms with Gasteiger partial charge in [-0.1, -0.05) is 18.2 Å². The van der Waals surface area contributed by atoms with Crippen LogP contribution in [0.1, 0.15) is 41.6 Å². The first-order valence-electron chi connectivity index (χ1n) is 11.4. The zero-order chi connectivity index (χ0) is 25.2. The largest absolute Gasteiger partial charge is 0.416 e. The second-order valence-electron chi connectivity index (χ2n) is 8.99. The Labute approximate surface area is 208 Å². The minimum Gasteiger partial charge on any atom is -0.355 e. The van der Waals surface area contributed by atoms with Gasteiger partial charge < -0.3 is 15.5 Å². The highest BCUT2D eigenvalue weighted by Gasteiger charge is 2.38. The molecular weight excluding hydrogens is 496 g/mol. The van der Waals surface area contributed by atoms with Crippen molar-refractivity contribution < 1.29 is 22.8 Å². The van der Waals surface area contributed by atoms with Gasteiger partial charge in [0.05, 0.1) is 24.3 Å². The molecule has 2 aliphatic heterocycles. The summed E-state index contributed by atoms with van der Waals surface area (Å²) in [5, 5.41) is 6.46. The van der Waals surface area contributed by atoms with Gasteiger partial charge in [-0.05, 0) is 67.8 Å². The smallest absolute Gasteiger partial charge is 0.355 e. The van der Waals surface area contributed by atoms with Gasteiger partial charge in [-0.2, -0.15) is 13.2 Å². The van der Waals surface area contributed by atoms with Crippen molar-refractivity contribution in [1.82, 2.24) is 14.9 Å². The van der Waals surface area contributed by atoms with E-state index in [0.717, 1.165) is 37.8 Å². The number of halogens is 3. The maximum absolute atomic E-state index is 13.2. The van der Waals surface area contributed by atoms with Crippen molar-refractivity contribution in [3.8, 4) is 0 Å². The van der Waals surface area contributed by atoms with Crippen molar-refractivity contribution in [2.75, 3.05) is 18.9 Å². The Morgan fingerprint density at radius 2 is 1.80 bits per heavy atom. The van der Waals surface area contributed by atoms with E-state index in [1.165, 1.54) is 24.1 Å². The Hall–Kier alpha value is -2.55. The molecule has 2 heterocycles. The Morgan fingerprint density at radius 1 is 1.11 bits per heavy atom. The molecule has 0 unspecified atom stereocenters. The normalized spacial score (nSPS) is 21.5. The second kappa shape index (κ2) is 10.6. The van der Waals surface area contributed by atoms with Gasteiger partial charge in [0.1, 0.15) is 6.54 Å². The Balaban J connectivity index is 1.46. The molecule has 11 heteroatoms. The topological polar surface area (TPSA) is 64.7 Å². The van der Waals surface area contributed by atoms with Crippen molar-refractivity contribution >= 4 is 42.5 Å². The lowest BCUT2D eigenvalue weighted by Crippen LogP contribution is -2.49. The third kappa shape index (κ3) is 6.00. The van der Waals surface area contributed by atoms with E-state index in [0.29, 0.717) is 25.3 Å². The number of carbonyl (C=O) groups excluding carboxylic acids is 2. The van der Waals surface area contributed by atoms with Crippen molar-refractivity contribution in [2.24, 2.45) is 0 Å². The number of likely N-dealkylation sites (N-methyl/N-ethyl adjacent to an activating group) is 1. The second-order valence-corrected chi connectivity index (χ2v) is 10.1. The minimum absolute atomic E-state index is 0.0544. The van der Waals surface area contributed by atoms with Crippen molar-refractivity contribution in [3.63, 3.8) is 0 Å². The number of hydrogen-bond acceptors (Lipinski definition) is 5. The van der Waals surface area contributed by atoms with Gasteiger partial charge in [0.15, 0.2) is 0 Å². The summed E-state index contributed by atoms with van der Waals surface area (Å²) in [6, 6.07) is 12.2. The van der Waals surface area contributed by atoms with Gasteiger partial charge >= 0.3 is 6.18 Å². The molecule has 0 aromatic heterocycles. The average molecular weight is 523 g/mol. The molecule has 0 radical (unpaired) electrons. The number of fused-ring (bicyclic) bond motifs is 2. The highest BCUT2D eigenvalue weighted by Crippen LogP contribution is 2.33. The van der Waals surface area contributed by atoms with Crippen molar-refractivity contribution in [2.45, 2.75) is 50.0 Å². The van der Waals surface area contributed by atoms with Crippen LogP contribution in [0, 0.1) is 0 Å². The zero-order valence-electron chi connectivity index (χ0n) is 19.1. The first kappa shape index (κ1) is 25.5. The maximum atomic E-state index is 13.2. The minimum atomic E-state index is -4.47. The summed E-state index contributed by atoms with van der Waals surface area (Å²) in [6.45, 7) is -0.139. The lowest BCUT2D eigenvalue weighted by molar-refractivity contribution is -0.137. The summed E-state index contributed by atoms with van der Waals surface area (Å²) in [7, 11) is 1.97. The Bertz CT molecular complexity index is 1100. The van der Waals surface area contributed by atoms with E-state index in [2.05, 4.69) is 10.6 Å². The molecule has 0 saturated carbocycles. The summed E-state index contributed by atoms with van der Waals surface area (Å²) in [5.41, 5.74) is 0.0193. The Kier molecular flexibility index (Phi) is 7.73. The summed E-state index contributed by atoms with van der Waals surface area (Å²) < 4.78 is 40.9. The molecule has 2 fully saturated rings. The molecule has 0 spiro atoms. The first-order valence-corrected chi connectivity index (χ1v) is 13.2. The fraction of sp³-hybridized carbons (Fsp3) is 0.417. The molecule has 6 nitrogen and oxygen atoms in total. The molecule has 35 heavy (non-hydrogen) atoms. The van der Waals surface area contributed by atoms with Crippen molar-refractivity contribution in [3.05, 3.63) is 59.7 Å². The van der Waals surface area contributed by atoms with Gasteiger partial charge in [-0.3, -0.25) is 14.3 Å². The molecule has 2 N–H and O–H groups in total. The van der Waals surface area contributed by atoms with E-state index >= 15 is 0 Å². The van der Waals surface area contributed by atoms with E-state index < -0.39 is 17.6 Å². The number of nitrogens with zero attached hydrogens (tertiary/aromatic N) is 2. The Morgan fingerprint density at radius 3 is 2.46 bits per heavy atom. The first-order chi connectivity index (χ1) is 16.7. The van der Waals surface area contributed by atoms with Gasteiger partial charge in [0, 0.05) is 30.9 Å². The quantitative estimate of drug-likeness (QED) is 0.504. The van der Waals surface area contributed by atoms with Crippen LogP contribution in [0.3, 0.4) is 0 Å². The van der Waals surface area contributed by atoms with E-state index in [1.54, 1.807) is 28.9 Å². The molecule has 2 amide bonds. The summed E-state index contributed by atoms with van der Waals surface area (Å²) in [4.78, 5) is 27.6. The van der Waals surface area contributed by atoms with Gasteiger partial charge in [-0.25, -0.2) is 0 Å². The summed E-state index contributed by atoms with van der Waals surface area (Å²) >= 11 is 5.23. The van der Waals surface area contributed by atoms with E-state index in [9.17, 15) is 22.8 Å². The third-order valence-electron chi connectivity index (χ3n) is 6.48. The number of anilines is 2. The highest BCUT2D eigenvalue weighted by atomic mass is 32.4. The van der Waals surface area contributed by atoms with Gasteiger partial charge in [0.2, 0.25) is 5.91 Å². The molecule has 4 rings (SSSR count). The van der Waals surface area contributed by atoms with Crippen LogP contribution in [0.4, 0.5) is 24.5 Å². The number of hydrogen-bond donors (Lipinski definition) is 2. The number of para-hydroxylation sites is 1. The predicted molar refractivity (Wildman–Crippen MR) is 132 cm³/mol. The number of rotatable bonds is 7. The van der Waals surface area contributed by atoms with Crippen LogP contribution in [0.15, 0.2) is 48.5 Å². The summed E-state index contributed by atoms with van der Waals surface area (Å²) in [6.07, 6.45) is -0.560. The molecule has 2 aromatic carbocycles. The zero-order valence-corrected chi connectivity index (χ0v) is 20.8. The lowest BCUT2D eigenvalue weighted by atomic mass is 10.00. The van der Waals surface area contributed by atoms with Crippen LogP contribution in [0.25, 0.3) is 0 Å². The molecule has 2 saturated heterocycles. The maximum Gasteiger partial charge on any atom is 0.416 e. The monoisotopic (exact) mass is 522 g/mol. The number of carbonyl (C=O) groups is 2. The molecule has 2 aromatic rings. The van der Waals surface area contributed by atoms with Crippen molar-refractivity contribution in [1.29, 1.82) is 0 Å². The lowest BCUT2D eigenvalue weighted by Gasteiger charge is -2.35. The third-order valence-corrected chi connectivity index (χ3v) is 7.74. The van der Waals surface area contributed by atoms with Gasteiger partial charge in [-0.15, -0.1) is 0 Å². The number of alkyl halides is 3. The number of benzene rings is 2. The van der Waals surface area contributed by atoms with E-state index in [4.69, 9.17) is 11.8 Å². The molecule has 0 aliphatic carbocycles. The SMILES string of the molecule is CN(CC(=O)N(P=S)[C@H]1C[C@H]2CC[C@@H](C1)N2)C(=O)c1ccccc1Nc1cccc(C(F)(F)F)c1. The molecule has 2 aliphatic rings. The van der Waals surface area contributed by atoms with Gasteiger partial charge in [0.25, 0.3) is 5.91 Å². The van der Waals surface area contributed by atoms with Crippen LogP contribution < -0.4 is 10.6 Å². The highest BCUT2D eigenvalue weighted by molar-refractivity contribution is 7.95. The van der Waals surface area contributed by atoms with Crippen LogP contribution in [-0.4, -0.2) is 53.1 Å². The molecule has 2 bridgehead atoms. The van der Waals surface area contributed by atoms with Crippen LogP contribution in [-0.2, 0) is 22.8 Å². The number of piperidine rings is 1. The van der Waals surface area contributed by atoms with Crippen LogP contribution in [0.2, 0.25) is 0 Å². The summed E-state index contributed by atoms with van der Waals surface area (Å²) in [5.74, 6) is -0.632. The standard InChI is InChI=1S/C24H26F3N4O2PS/c1-30(14-22(32)31(34-35)19-12-17-9-10-18(13-19)28-17)23(33)20-7-2-3-8-21(20)29-16-6-4-5-15(11-16)24(25,26)27/h2-8,11,17-19,28-29H,9-10,12-14H2,1H3/t17-,18+,19+. The van der Waals surface area contributed by atoms with Crippen LogP contribution >= 0.6 is 7.51 Å².